The summed E-state index contributed by atoms with van der Waals surface area (Å²) in [6.45, 7) is 5.68. The molecule has 2 N–H and O–H groups in total. The Hall–Kier alpha value is -1.06. The van der Waals surface area contributed by atoms with Crippen LogP contribution in [-0.4, -0.2) is 23.0 Å². The van der Waals surface area contributed by atoms with Crippen LogP contribution < -0.4 is 5.32 Å². The van der Waals surface area contributed by atoms with Gasteiger partial charge in [-0.2, -0.15) is 0 Å². The molecule has 0 spiro atoms. The van der Waals surface area contributed by atoms with Gasteiger partial charge < -0.3 is 10.4 Å². The third-order valence-corrected chi connectivity index (χ3v) is 4.55. The zero-order valence-electron chi connectivity index (χ0n) is 11.7. The van der Waals surface area contributed by atoms with Gasteiger partial charge in [0.1, 0.15) is 0 Å². The van der Waals surface area contributed by atoms with Crippen LogP contribution in [0.1, 0.15) is 59.3 Å². The number of rotatable bonds is 7. The molecule has 1 atom stereocenters. The minimum Gasteiger partial charge on any atom is -0.481 e. The third kappa shape index (κ3) is 3.24. The van der Waals surface area contributed by atoms with Crippen molar-refractivity contribution in [3.05, 3.63) is 0 Å². The molecule has 1 rings (SSSR count). The largest absolute Gasteiger partial charge is 0.481 e. The number of carboxylic acid groups (broad SMARTS) is 1. The molecule has 1 aliphatic carbocycles. The lowest BCUT2D eigenvalue weighted by Crippen LogP contribution is -2.44. The Bertz CT molecular complexity index is 306. The molecule has 1 aliphatic rings. The van der Waals surface area contributed by atoms with Crippen molar-refractivity contribution in [3.63, 3.8) is 0 Å². The summed E-state index contributed by atoms with van der Waals surface area (Å²) in [6.07, 6.45) is 4.66. The first-order valence-corrected chi connectivity index (χ1v) is 6.98. The summed E-state index contributed by atoms with van der Waals surface area (Å²) in [5, 5.41) is 12.3. The molecule has 1 fully saturated rings. The van der Waals surface area contributed by atoms with Crippen LogP contribution in [0.2, 0.25) is 0 Å². The summed E-state index contributed by atoms with van der Waals surface area (Å²) in [5.74, 6) is -0.407. The summed E-state index contributed by atoms with van der Waals surface area (Å²) in [7, 11) is 0. The van der Waals surface area contributed by atoms with Gasteiger partial charge in [-0.15, -0.1) is 0 Å². The quantitative estimate of drug-likeness (QED) is 0.734. The Balaban J connectivity index is 2.53. The highest BCUT2D eigenvalue weighted by Crippen LogP contribution is 2.32. The Kier molecular flexibility index (Phi) is 5.17. The lowest BCUT2D eigenvalue weighted by atomic mass is 9.78. The normalized spacial score (nSPS) is 17.9. The van der Waals surface area contributed by atoms with Gasteiger partial charge in [0.15, 0.2) is 0 Å². The first-order chi connectivity index (χ1) is 8.45. The number of nitrogens with one attached hydrogen (secondary N) is 1. The molecular formula is C14H25NO3. The van der Waals surface area contributed by atoms with Crippen molar-refractivity contribution in [3.8, 4) is 0 Å². The van der Waals surface area contributed by atoms with Crippen LogP contribution in [0.5, 0.6) is 0 Å². The average Bonchev–Trinajstić information content (AvgIpc) is 2.22. The maximum atomic E-state index is 12.0. The van der Waals surface area contributed by atoms with E-state index in [4.69, 9.17) is 0 Å². The lowest BCUT2D eigenvalue weighted by Gasteiger charge is -2.33. The molecule has 0 aromatic heterocycles. The number of amides is 1. The molecule has 0 bridgehead atoms. The van der Waals surface area contributed by atoms with Gasteiger partial charge in [-0.1, -0.05) is 20.3 Å². The smallest absolute Gasteiger partial charge is 0.310 e. The monoisotopic (exact) mass is 255 g/mol. The van der Waals surface area contributed by atoms with E-state index < -0.39 is 11.4 Å². The summed E-state index contributed by atoms with van der Waals surface area (Å²) >= 11 is 0. The second kappa shape index (κ2) is 6.21. The fourth-order valence-electron chi connectivity index (χ4n) is 2.55. The molecule has 1 unspecified atom stereocenters. The van der Waals surface area contributed by atoms with Crippen LogP contribution in [0.4, 0.5) is 0 Å². The van der Waals surface area contributed by atoms with Gasteiger partial charge in [0.25, 0.3) is 0 Å². The second-order valence-electron chi connectivity index (χ2n) is 5.52. The molecule has 0 aliphatic heterocycles. The van der Waals surface area contributed by atoms with Crippen molar-refractivity contribution in [2.75, 3.05) is 0 Å². The molecule has 104 valence electrons. The van der Waals surface area contributed by atoms with E-state index in [1.54, 1.807) is 0 Å². The molecule has 4 nitrogen and oxygen atoms in total. The fourth-order valence-corrected chi connectivity index (χ4v) is 2.55. The lowest BCUT2D eigenvalue weighted by molar-refractivity contribution is -0.152. The Morgan fingerprint density at radius 3 is 2.22 bits per heavy atom. The minimum absolute atomic E-state index is 0.0897. The SMILES string of the molecule is CCC(CC)(CC(=O)NC(C)C1CCC1)C(=O)O. The third-order valence-electron chi connectivity index (χ3n) is 4.55. The summed E-state index contributed by atoms with van der Waals surface area (Å²) in [4.78, 5) is 23.3. The number of aliphatic carboxylic acids is 1. The zero-order chi connectivity index (χ0) is 13.8. The predicted octanol–water partition coefficient (Wildman–Crippen LogP) is 2.57. The zero-order valence-corrected chi connectivity index (χ0v) is 11.7. The van der Waals surface area contributed by atoms with Crippen LogP contribution in [0.25, 0.3) is 0 Å². The highest BCUT2D eigenvalue weighted by molar-refractivity contribution is 5.85. The molecule has 0 aromatic rings. The minimum atomic E-state index is -0.899. The Morgan fingerprint density at radius 1 is 1.33 bits per heavy atom. The molecule has 18 heavy (non-hydrogen) atoms. The predicted molar refractivity (Wildman–Crippen MR) is 70.2 cm³/mol. The van der Waals surface area contributed by atoms with E-state index >= 15 is 0 Å². The highest BCUT2D eigenvalue weighted by atomic mass is 16.4. The van der Waals surface area contributed by atoms with Crippen molar-refractivity contribution < 1.29 is 14.7 Å². The van der Waals surface area contributed by atoms with Crippen molar-refractivity contribution in [2.45, 2.75) is 65.3 Å². The van der Waals surface area contributed by atoms with Gasteiger partial charge in [0.2, 0.25) is 5.91 Å². The van der Waals surface area contributed by atoms with E-state index in [1.807, 2.05) is 20.8 Å². The van der Waals surface area contributed by atoms with Gasteiger partial charge >= 0.3 is 5.97 Å². The first-order valence-electron chi connectivity index (χ1n) is 6.98. The topological polar surface area (TPSA) is 66.4 Å². The molecule has 4 heteroatoms. The van der Waals surface area contributed by atoms with E-state index in [-0.39, 0.29) is 18.4 Å². The van der Waals surface area contributed by atoms with Crippen LogP contribution in [0.3, 0.4) is 0 Å². The van der Waals surface area contributed by atoms with Crippen LogP contribution in [-0.2, 0) is 9.59 Å². The van der Waals surface area contributed by atoms with Gasteiger partial charge in [0.05, 0.1) is 5.41 Å². The van der Waals surface area contributed by atoms with Gasteiger partial charge in [-0.25, -0.2) is 0 Å². The number of hydrogen-bond donors (Lipinski definition) is 2. The van der Waals surface area contributed by atoms with Gasteiger partial charge in [-0.05, 0) is 38.5 Å². The average molecular weight is 255 g/mol. The van der Waals surface area contributed by atoms with Crippen LogP contribution >= 0.6 is 0 Å². The molecule has 0 radical (unpaired) electrons. The van der Waals surface area contributed by atoms with E-state index in [0.29, 0.717) is 18.8 Å². The Labute approximate surface area is 109 Å². The van der Waals surface area contributed by atoms with E-state index in [2.05, 4.69) is 5.32 Å². The molecule has 0 aromatic carbocycles. The van der Waals surface area contributed by atoms with Crippen molar-refractivity contribution in [2.24, 2.45) is 11.3 Å². The summed E-state index contributed by atoms with van der Waals surface area (Å²) < 4.78 is 0. The highest BCUT2D eigenvalue weighted by Gasteiger charge is 2.37. The number of carboxylic acids is 1. The summed E-state index contributed by atoms with van der Waals surface area (Å²) in [6, 6.07) is 0.173. The number of carbonyl (C=O) groups is 2. The standard InChI is InChI=1S/C14H25NO3/c1-4-14(5-2,13(17)18)9-12(16)15-10(3)11-7-6-8-11/h10-11H,4-9H2,1-3H3,(H,15,16)(H,17,18). The van der Waals surface area contributed by atoms with Gasteiger partial charge in [0, 0.05) is 12.5 Å². The number of carbonyl (C=O) groups excluding carboxylic acids is 1. The van der Waals surface area contributed by atoms with Crippen molar-refractivity contribution in [1.29, 1.82) is 0 Å². The molecular weight excluding hydrogens is 230 g/mol. The first kappa shape index (κ1) is 15.0. The second-order valence-corrected chi connectivity index (χ2v) is 5.52. The van der Waals surface area contributed by atoms with E-state index in [1.165, 1.54) is 19.3 Å². The number of hydrogen-bond acceptors (Lipinski definition) is 2. The summed E-state index contributed by atoms with van der Waals surface area (Å²) in [5.41, 5.74) is -0.899. The van der Waals surface area contributed by atoms with Gasteiger partial charge in [-0.3, -0.25) is 9.59 Å². The maximum Gasteiger partial charge on any atom is 0.310 e. The molecule has 1 saturated carbocycles. The van der Waals surface area contributed by atoms with E-state index in [9.17, 15) is 14.7 Å². The van der Waals surface area contributed by atoms with Crippen molar-refractivity contribution >= 4 is 11.9 Å². The molecule has 0 heterocycles. The van der Waals surface area contributed by atoms with E-state index in [0.717, 1.165) is 0 Å². The molecule has 1 amide bonds. The molecule has 0 saturated heterocycles. The van der Waals surface area contributed by atoms with Crippen molar-refractivity contribution in [1.82, 2.24) is 5.32 Å². The van der Waals surface area contributed by atoms with Crippen LogP contribution in [0.15, 0.2) is 0 Å². The Morgan fingerprint density at radius 2 is 1.89 bits per heavy atom. The van der Waals surface area contributed by atoms with Crippen LogP contribution in [0, 0.1) is 11.3 Å². The fraction of sp³-hybridized carbons (Fsp3) is 0.857. The maximum absolute atomic E-state index is 12.0.